The molecule has 6 heteroatoms. The third-order valence-corrected chi connectivity index (χ3v) is 4.42. The van der Waals surface area contributed by atoms with Crippen LogP contribution in [0, 0.1) is 0 Å². The van der Waals surface area contributed by atoms with Gasteiger partial charge < -0.3 is 19.9 Å². The normalized spacial score (nSPS) is 14.4. The molecule has 0 saturated carbocycles. The summed E-state index contributed by atoms with van der Waals surface area (Å²) in [6.45, 7) is 2.85. The van der Waals surface area contributed by atoms with E-state index in [9.17, 15) is 4.79 Å². The molecule has 2 aromatic carbocycles. The molecule has 1 N–H and O–H groups in total. The second kappa shape index (κ2) is 7.45. The van der Waals surface area contributed by atoms with E-state index in [2.05, 4.69) is 10.2 Å². The van der Waals surface area contributed by atoms with Crippen molar-refractivity contribution < 1.29 is 9.53 Å². The van der Waals surface area contributed by atoms with Crippen LogP contribution in [-0.2, 0) is 0 Å². The molecule has 1 fully saturated rings. The molecular weight excluding hydrogens is 326 g/mol. The van der Waals surface area contributed by atoms with Gasteiger partial charge in [-0.15, -0.1) is 0 Å². The van der Waals surface area contributed by atoms with Crippen LogP contribution < -0.4 is 15.0 Å². The minimum Gasteiger partial charge on any atom is -0.497 e. The summed E-state index contributed by atoms with van der Waals surface area (Å²) in [4.78, 5) is 16.4. The number of para-hydroxylation sites is 1. The Labute approximate surface area is 146 Å². The second-order valence-corrected chi connectivity index (χ2v) is 5.99. The maximum Gasteiger partial charge on any atom is 0.321 e. The summed E-state index contributed by atoms with van der Waals surface area (Å²) in [6.07, 6.45) is 0. The highest BCUT2D eigenvalue weighted by Crippen LogP contribution is 2.26. The first-order valence-corrected chi connectivity index (χ1v) is 8.24. The molecule has 0 unspecified atom stereocenters. The number of anilines is 2. The second-order valence-electron chi connectivity index (χ2n) is 5.58. The topological polar surface area (TPSA) is 44.8 Å². The minimum atomic E-state index is -0.0843. The van der Waals surface area contributed by atoms with Crippen molar-refractivity contribution >= 4 is 29.0 Å². The summed E-state index contributed by atoms with van der Waals surface area (Å²) in [6, 6.07) is 15.0. The maximum absolute atomic E-state index is 12.4. The summed E-state index contributed by atoms with van der Waals surface area (Å²) >= 11 is 6.24. The van der Waals surface area contributed by atoms with Crippen molar-refractivity contribution in [2.45, 2.75) is 0 Å². The average Bonchev–Trinajstić information content (AvgIpc) is 2.63. The van der Waals surface area contributed by atoms with Gasteiger partial charge in [-0.25, -0.2) is 4.79 Å². The maximum atomic E-state index is 12.4. The zero-order valence-electron chi connectivity index (χ0n) is 13.5. The van der Waals surface area contributed by atoms with Gasteiger partial charge in [0.15, 0.2) is 0 Å². The Morgan fingerprint density at radius 1 is 1.04 bits per heavy atom. The van der Waals surface area contributed by atoms with E-state index in [0.717, 1.165) is 35.2 Å². The van der Waals surface area contributed by atoms with E-state index in [0.29, 0.717) is 13.1 Å². The summed E-state index contributed by atoms with van der Waals surface area (Å²) in [5.41, 5.74) is 1.78. The number of nitrogens with zero attached hydrogens (tertiary/aromatic N) is 2. The van der Waals surface area contributed by atoms with E-state index in [4.69, 9.17) is 16.3 Å². The number of carbonyl (C=O) groups excluding carboxylic acids is 1. The zero-order valence-corrected chi connectivity index (χ0v) is 14.3. The number of halogens is 1. The van der Waals surface area contributed by atoms with Crippen LogP contribution in [0.2, 0.25) is 5.02 Å². The van der Waals surface area contributed by atoms with Gasteiger partial charge in [-0.3, -0.25) is 0 Å². The first-order valence-electron chi connectivity index (χ1n) is 7.87. The first kappa shape index (κ1) is 16.5. The molecule has 0 aliphatic carbocycles. The summed E-state index contributed by atoms with van der Waals surface area (Å²) in [5.74, 6) is 0.765. The van der Waals surface area contributed by atoms with Gasteiger partial charge in [0.05, 0.1) is 17.8 Å². The van der Waals surface area contributed by atoms with Gasteiger partial charge in [-0.2, -0.15) is 0 Å². The van der Waals surface area contributed by atoms with Crippen LogP contribution in [0.4, 0.5) is 16.2 Å². The molecule has 2 aromatic rings. The molecule has 5 nitrogen and oxygen atoms in total. The molecule has 2 amide bonds. The predicted octanol–water partition coefficient (Wildman–Crippen LogP) is 3.70. The summed E-state index contributed by atoms with van der Waals surface area (Å²) < 4.78 is 5.11. The van der Waals surface area contributed by atoms with Crippen molar-refractivity contribution in [1.82, 2.24) is 4.90 Å². The minimum absolute atomic E-state index is 0.0843. The van der Waals surface area contributed by atoms with Crippen molar-refractivity contribution in [3.8, 4) is 5.75 Å². The van der Waals surface area contributed by atoms with Gasteiger partial charge >= 0.3 is 6.03 Å². The van der Waals surface area contributed by atoms with Crippen LogP contribution >= 0.6 is 11.6 Å². The van der Waals surface area contributed by atoms with E-state index in [1.54, 1.807) is 7.11 Å². The standard InChI is InChI=1S/C18H20ClN3O2/c1-24-15-8-6-14(7-9-15)20-18(23)22-12-10-21(11-13-22)17-5-3-2-4-16(17)19/h2-9H,10-13H2,1H3,(H,20,23). The van der Waals surface area contributed by atoms with E-state index in [1.165, 1.54) is 0 Å². The van der Waals surface area contributed by atoms with Gasteiger partial charge in [0.25, 0.3) is 0 Å². The van der Waals surface area contributed by atoms with Crippen molar-refractivity contribution in [3.05, 3.63) is 53.6 Å². The number of hydrogen-bond donors (Lipinski definition) is 1. The number of hydrogen-bond acceptors (Lipinski definition) is 3. The lowest BCUT2D eigenvalue weighted by Crippen LogP contribution is -2.50. The number of rotatable bonds is 3. The molecule has 1 saturated heterocycles. The summed E-state index contributed by atoms with van der Waals surface area (Å²) in [5, 5.41) is 3.66. The van der Waals surface area contributed by atoms with Crippen LogP contribution in [0.15, 0.2) is 48.5 Å². The van der Waals surface area contributed by atoms with E-state index < -0.39 is 0 Å². The predicted molar refractivity (Wildman–Crippen MR) is 97.3 cm³/mol. The Kier molecular flexibility index (Phi) is 5.11. The third kappa shape index (κ3) is 3.74. The molecule has 1 heterocycles. The van der Waals surface area contributed by atoms with E-state index in [1.807, 2.05) is 53.4 Å². The van der Waals surface area contributed by atoms with Crippen LogP contribution in [0.5, 0.6) is 5.75 Å². The molecule has 1 aliphatic heterocycles. The SMILES string of the molecule is COc1ccc(NC(=O)N2CCN(c3ccccc3Cl)CC2)cc1. The number of carbonyl (C=O) groups is 1. The number of methoxy groups -OCH3 is 1. The van der Waals surface area contributed by atoms with Crippen LogP contribution in [-0.4, -0.2) is 44.2 Å². The molecule has 0 bridgehead atoms. The highest BCUT2D eigenvalue weighted by atomic mass is 35.5. The van der Waals surface area contributed by atoms with Gasteiger partial charge in [0, 0.05) is 31.9 Å². The fourth-order valence-corrected chi connectivity index (χ4v) is 2.99. The lowest BCUT2D eigenvalue weighted by atomic mass is 10.2. The van der Waals surface area contributed by atoms with Crippen molar-refractivity contribution in [2.24, 2.45) is 0 Å². The molecule has 126 valence electrons. The third-order valence-electron chi connectivity index (χ3n) is 4.10. The van der Waals surface area contributed by atoms with Crippen LogP contribution in [0.1, 0.15) is 0 Å². The van der Waals surface area contributed by atoms with Crippen molar-refractivity contribution in [3.63, 3.8) is 0 Å². The van der Waals surface area contributed by atoms with Gasteiger partial charge in [0.1, 0.15) is 5.75 Å². The molecule has 0 atom stereocenters. The number of amides is 2. The van der Waals surface area contributed by atoms with Crippen molar-refractivity contribution in [1.29, 1.82) is 0 Å². The fraction of sp³-hybridized carbons (Fsp3) is 0.278. The monoisotopic (exact) mass is 345 g/mol. The quantitative estimate of drug-likeness (QED) is 0.922. The lowest BCUT2D eigenvalue weighted by Gasteiger charge is -2.36. The van der Waals surface area contributed by atoms with Crippen molar-refractivity contribution in [2.75, 3.05) is 43.5 Å². The van der Waals surface area contributed by atoms with Gasteiger partial charge in [-0.1, -0.05) is 23.7 Å². The molecule has 0 aromatic heterocycles. The molecule has 24 heavy (non-hydrogen) atoms. The molecule has 0 spiro atoms. The van der Waals surface area contributed by atoms with Crippen LogP contribution in [0.25, 0.3) is 0 Å². The Morgan fingerprint density at radius 2 is 1.71 bits per heavy atom. The molecule has 3 rings (SSSR count). The largest absolute Gasteiger partial charge is 0.497 e. The number of urea groups is 1. The lowest BCUT2D eigenvalue weighted by molar-refractivity contribution is 0.208. The first-order chi connectivity index (χ1) is 11.7. The Morgan fingerprint density at radius 3 is 2.33 bits per heavy atom. The molecular formula is C18H20ClN3O2. The molecule has 0 radical (unpaired) electrons. The summed E-state index contributed by atoms with van der Waals surface area (Å²) in [7, 11) is 1.62. The average molecular weight is 346 g/mol. The van der Waals surface area contributed by atoms with Crippen LogP contribution in [0.3, 0.4) is 0 Å². The number of piperazine rings is 1. The Balaban J connectivity index is 1.56. The smallest absolute Gasteiger partial charge is 0.321 e. The highest BCUT2D eigenvalue weighted by molar-refractivity contribution is 6.33. The number of benzene rings is 2. The Bertz CT molecular complexity index is 698. The number of ether oxygens (including phenoxy) is 1. The molecule has 1 aliphatic rings. The van der Waals surface area contributed by atoms with Gasteiger partial charge in [0.2, 0.25) is 0 Å². The van der Waals surface area contributed by atoms with E-state index >= 15 is 0 Å². The fourth-order valence-electron chi connectivity index (χ4n) is 2.74. The Hall–Kier alpha value is -2.40. The highest BCUT2D eigenvalue weighted by Gasteiger charge is 2.22. The van der Waals surface area contributed by atoms with Gasteiger partial charge in [-0.05, 0) is 36.4 Å². The number of nitrogens with one attached hydrogen (secondary N) is 1. The van der Waals surface area contributed by atoms with E-state index in [-0.39, 0.29) is 6.03 Å². The zero-order chi connectivity index (χ0) is 16.9.